The first kappa shape index (κ1) is 24.8. The van der Waals surface area contributed by atoms with Crippen molar-refractivity contribution in [2.45, 2.75) is 25.7 Å². The van der Waals surface area contributed by atoms with Gasteiger partial charge in [-0.2, -0.15) is 5.26 Å². The van der Waals surface area contributed by atoms with Gasteiger partial charge in [0.25, 0.3) is 0 Å². The summed E-state index contributed by atoms with van der Waals surface area (Å²) >= 11 is 4.46. The highest BCUT2D eigenvalue weighted by Gasteiger charge is 2.44. The molecule has 1 aliphatic rings. The molecule has 31 heavy (non-hydrogen) atoms. The average Bonchev–Trinajstić information content (AvgIpc) is 2.76. The minimum Gasteiger partial charge on any atom is -0.496 e. The van der Waals surface area contributed by atoms with Crippen molar-refractivity contribution in [3.8, 4) is 11.8 Å². The summed E-state index contributed by atoms with van der Waals surface area (Å²) in [4.78, 5) is 37.3. The molecule has 8 nitrogen and oxygen atoms in total. The number of hydrogen-bond donors (Lipinski definition) is 2. The molecule has 2 rings (SSSR count). The summed E-state index contributed by atoms with van der Waals surface area (Å²) in [5.74, 6) is -3.02. The topological polar surface area (TPSA) is 118 Å². The third-order valence-electron chi connectivity index (χ3n) is 4.72. The van der Waals surface area contributed by atoms with Crippen molar-refractivity contribution in [2.75, 3.05) is 26.5 Å². The van der Waals surface area contributed by atoms with Crippen LogP contribution in [0.3, 0.4) is 0 Å². The minimum atomic E-state index is -1.23. The average molecular weight is 510 g/mol. The van der Waals surface area contributed by atoms with Crippen molar-refractivity contribution in [3.05, 3.63) is 38.8 Å². The SMILES string of the molecule is CCCCNC(=O)CSC1=C(C#N)[C@H](c2ccc(OC)c(Br)c2)[C@@H](C(=O)OC)C(=O)N1. The van der Waals surface area contributed by atoms with Crippen molar-refractivity contribution in [1.82, 2.24) is 10.6 Å². The first-order valence-corrected chi connectivity index (χ1v) is 11.4. The van der Waals surface area contributed by atoms with E-state index < -0.39 is 23.7 Å². The van der Waals surface area contributed by atoms with Crippen LogP contribution < -0.4 is 15.4 Å². The number of nitrogens with zero attached hydrogens (tertiary/aromatic N) is 1. The van der Waals surface area contributed by atoms with Crippen molar-refractivity contribution >= 4 is 45.5 Å². The monoisotopic (exact) mass is 509 g/mol. The van der Waals surface area contributed by atoms with Crippen LogP contribution in [0.25, 0.3) is 0 Å². The van der Waals surface area contributed by atoms with E-state index in [0.717, 1.165) is 24.6 Å². The van der Waals surface area contributed by atoms with Gasteiger partial charge >= 0.3 is 5.97 Å². The van der Waals surface area contributed by atoms with Gasteiger partial charge in [0.2, 0.25) is 11.8 Å². The lowest BCUT2D eigenvalue weighted by molar-refractivity contribution is -0.150. The van der Waals surface area contributed by atoms with Crippen LogP contribution in [0.4, 0.5) is 0 Å². The molecular weight excluding hydrogens is 486 g/mol. The zero-order valence-electron chi connectivity index (χ0n) is 17.5. The van der Waals surface area contributed by atoms with E-state index in [2.05, 4.69) is 32.6 Å². The van der Waals surface area contributed by atoms with Gasteiger partial charge < -0.3 is 20.1 Å². The molecule has 0 bridgehead atoms. The summed E-state index contributed by atoms with van der Waals surface area (Å²) in [6, 6.07) is 7.20. The maximum atomic E-state index is 12.8. The predicted molar refractivity (Wildman–Crippen MR) is 120 cm³/mol. The summed E-state index contributed by atoms with van der Waals surface area (Å²) in [5, 5.41) is 15.6. The molecule has 166 valence electrons. The van der Waals surface area contributed by atoms with Crippen LogP contribution in [0, 0.1) is 17.2 Å². The maximum absolute atomic E-state index is 12.8. The van der Waals surface area contributed by atoms with Crippen LogP contribution in [0.2, 0.25) is 0 Å². The lowest BCUT2D eigenvalue weighted by Gasteiger charge is -2.31. The van der Waals surface area contributed by atoms with E-state index in [1.807, 2.05) is 6.92 Å². The van der Waals surface area contributed by atoms with E-state index in [0.29, 0.717) is 22.3 Å². The molecule has 0 fully saturated rings. The first-order valence-electron chi connectivity index (χ1n) is 9.63. The Balaban J connectivity index is 2.42. The maximum Gasteiger partial charge on any atom is 0.319 e. The van der Waals surface area contributed by atoms with Crippen LogP contribution in [0.15, 0.2) is 33.3 Å². The summed E-state index contributed by atoms with van der Waals surface area (Å²) < 4.78 is 10.7. The minimum absolute atomic E-state index is 0.0342. The van der Waals surface area contributed by atoms with Crippen LogP contribution in [-0.2, 0) is 19.1 Å². The van der Waals surface area contributed by atoms with Crippen LogP contribution in [0.5, 0.6) is 5.75 Å². The first-order chi connectivity index (χ1) is 14.9. The van der Waals surface area contributed by atoms with Gasteiger partial charge in [-0.15, -0.1) is 0 Å². The molecule has 10 heteroatoms. The molecule has 0 saturated heterocycles. The predicted octanol–water partition coefficient (Wildman–Crippen LogP) is 2.84. The van der Waals surface area contributed by atoms with Crippen LogP contribution in [0.1, 0.15) is 31.2 Å². The lowest BCUT2D eigenvalue weighted by Crippen LogP contribution is -2.44. The number of rotatable bonds is 9. The van der Waals surface area contributed by atoms with Gasteiger partial charge in [-0.3, -0.25) is 14.4 Å². The molecule has 2 amide bonds. The van der Waals surface area contributed by atoms with Crippen molar-refractivity contribution in [3.63, 3.8) is 0 Å². The molecule has 0 spiro atoms. The van der Waals surface area contributed by atoms with Gasteiger partial charge in [-0.1, -0.05) is 31.2 Å². The summed E-state index contributed by atoms with van der Waals surface area (Å²) in [7, 11) is 2.71. The number of methoxy groups -OCH3 is 2. The third-order valence-corrected chi connectivity index (χ3v) is 6.36. The fourth-order valence-electron chi connectivity index (χ4n) is 3.15. The Labute approximate surface area is 193 Å². The largest absolute Gasteiger partial charge is 0.496 e. The Bertz CT molecular complexity index is 928. The smallest absolute Gasteiger partial charge is 0.319 e. The number of hydrogen-bond acceptors (Lipinski definition) is 7. The number of esters is 1. The number of thioether (sulfide) groups is 1. The van der Waals surface area contributed by atoms with E-state index in [-0.39, 0.29) is 22.3 Å². The van der Waals surface area contributed by atoms with Crippen molar-refractivity contribution < 1.29 is 23.9 Å². The Hall–Kier alpha value is -2.51. The molecular formula is C21H24BrN3O5S. The fourth-order valence-corrected chi connectivity index (χ4v) is 4.59. The summed E-state index contributed by atoms with van der Waals surface area (Å²) in [5.41, 5.74) is 0.762. The second kappa shape index (κ2) is 11.8. The standard InChI is InChI=1S/C21H24BrN3O5S/c1-4-5-8-24-16(26)11-31-20-13(10-23)17(18(19(27)25-20)21(28)30-3)12-6-7-15(29-2)14(22)9-12/h6-7,9,17-18H,4-5,8,11H2,1-3H3,(H,24,26)(H,25,27)/t17-,18+/m0/s1. The van der Waals surface area contributed by atoms with Gasteiger partial charge in [-0.05, 0) is 40.0 Å². The number of carbonyl (C=O) groups excluding carboxylic acids is 3. The summed E-state index contributed by atoms with van der Waals surface area (Å²) in [6.07, 6.45) is 1.83. The highest BCUT2D eigenvalue weighted by molar-refractivity contribution is 9.10. The molecule has 0 aromatic heterocycles. The number of benzene rings is 1. The number of carbonyl (C=O) groups is 3. The van der Waals surface area contributed by atoms with E-state index in [4.69, 9.17) is 9.47 Å². The van der Waals surface area contributed by atoms with Crippen LogP contribution >= 0.6 is 27.7 Å². The van der Waals surface area contributed by atoms with E-state index in [1.165, 1.54) is 14.2 Å². The number of nitrogens with one attached hydrogen (secondary N) is 2. The molecule has 1 aromatic carbocycles. The Morgan fingerprint density at radius 1 is 1.35 bits per heavy atom. The number of unbranched alkanes of at least 4 members (excludes halogenated alkanes) is 1. The van der Waals surface area contributed by atoms with Gasteiger partial charge in [0, 0.05) is 12.5 Å². The number of halogens is 1. The molecule has 1 aliphatic heterocycles. The molecule has 1 aromatic rings. The van der Waals surface area contributed by atoms with Crippen LogP contribution in [-0.4, -0.2) is 44.3 Å². The highest BCUT2D eigenvalue weighted by Crippen LogP contribution is 2.41. The molecule has 0 saturated carbocycles. The number of nitriles is 1. The van der Waals surface area contributed by atoms with Crippen molar-refractivity contribution in [1.29, 1.82) is 5.26 Å². The Morgan fingerprint density at radius 3 is 2.68 bits per heavy atom. The van der Waals surface area contributed by atoms with E-state index in [1.54, 1.807) is 18.2 Å². The quantitative estimate of drug-likeness (QED) is 0.298. The number of allylic oxidation sites excluding steroid dienone is 1. The fraction of sp³-hybridized carbons (Fsp3) is 0.429. The van der Waals surface area contributed by atoms with Crippen molar-refractivity contribution in [2.24, 2.45) is 5.92 Å². The molecule has 0 radical (unpaired) electrons. The molecule has 2 atom stereocenters. The molecule has 2 N–H and O–H groups in total. The molecule has 0 unspecified atom stereocenters. The van der Waals surface area contributed by atoms with Gasteiger partial charge in [0.05, 0.1) is 41.1 Å². The lowest BCUT2D eigenvalue weighted by atomic mass is 9.78. The van der Waals surface area contributed by atoms with Gasteiger partial charge in [-0.25, -0.2) is 0 Å². The molecule has 1 heterocycles. The normalized spacial score (nSPS) is 18.1. The second-order valence-corrected chi connectivity index (χ2v) is 8.55. The Kier molecular flexibility index (Phi) is 9.40. The zero-order chi connectivity index (χ0) is 23.0. The summed E-state index contributed by atoms with van der Waals surface area (Å²) in [6.45, 7) is 2.59. The Morgan fingerprint density at radius 2 is 2.10 bits per heavy atom. The van der Waals surface area contributed by atoms with Gasteiger partial charge in [0.1, 0.15) is 11.7 Å². The molecule has 0 aliphatic carbocycles. The van der Waals surface area contributed by atoms with E-state index >= 15 is 0 Å². The van der Waals surface area contributed by atoms with Gasteiger partial charge in [0.15, 0.2) is 0 Å². The number of ether oxygens (including phenoxy) is 2. The zero-order valence-corrected chi connectivity index (χ0v) is 19.9. The second-order valence-electron chi connectivity index (χ2n) is 6.71. The third kappa shape index (κ3) is 6.02. The number of amides is 2. The highest BCUT2D eigenvalue weighted by atomic mass is 79.9. The van der Waals surface area contributed by atoms with E-state index in [9.17, 15) is 19.6 Å².